The van der Waals surface area contributed by atoms with Crippen LogP contribution in [0.5, 0.6) is 0 Å². The Morgan fingerprint density at radius 3 is 2.79 bits per heavy atom. The van der Waals surface area contributed by atoms with Gasteiger partial charge in [0.25, 0.3) is 0 Å². The van der Waals surface area contributed by atoms with Gasteiger partial charge in [0.15, 0.2) is 0 Å². The number of hydrazine groups is 1. The van der Waals surface area contributed by atoms with E-state index in [1.165, 1.54) is 0 Å². The molecule has 0 saturated carbocycles. The Balaban J connectivity index is 2.03. The first-order chi connectivity index (χ1) is 9.10. The van der Waals surface area contributed by atoms with E-state index < -0.39 is 0 Å². The first kappa shape index (κ1) is 14.0. The summed E-state index contributed by atoms with van der Waals surface area (Å²) in [5.41, 5.74) is 2.44. The third kappa shape index (κ3) is 3.54. The van der Waals surface area contributed by atoms with Crippen molar-refractivity contribution in [2.24, 2.45) is 5.84 Å². The van der Waals surface area contributed by atoms with Crippen LogP contribution in [0.2, 0.25) is 0 Å². The van der Waals surface area contributed by atoms with E-state index >= 15 is 0 Å². The van der Waals surface area contributed by atoms with Crippen molar-refractivity contribution >= 4 is 33.6 Å². The number of carbonyl (C=O) groups is 1. The van der Waals surface area contributed by atoms with Crippen LogP contribution in [0, 0.1) is 0 Å². The van der Waals surface area contributed by atoms with Gasteiger partial charge in [-0.3, -0.25) is 10.2 Å². The number of halogens is 1. The summed E-state index contributed by atoms with van der Waals surface area (Å²) in [6.45, 7) is 3.22. The predicted octanol–water partition coefficient (Wildman–Crippen LogP) is 0.630. The molecule has 1 saturated heterocycles. The molecule has 1 amide bonds. The van der Waals surface area contributed by atoms with Gasteiger partial charge in [-0.15, -0.1) is 0 Å². The number of amides is 1. The zero-order valence-electron chi connectivity index (χ0n) is 10.7. The number of hydrogen-bond acceptors (Lipinski definition) is 6. The van der Waals surface area contributed by atoms with Crippen LogP contribution < -0.4 is 21.5 Å². The van der Waals surface area contributed by atoms with E-state index in [1.807, 2.05) is 0 Å². The Bertz CT molecular complexity index is 460. The van der Waals surface area contributed by atoms with Gasteiger partial charge in [0.1, 0.15) is 5.82 Å². The lowest BCUT2D eigenvalue weighted by Crippen LogP contribution is -2.44. The van der Waals surface area contributed by atoms with Crippen molar-refractivity contribution in [1.29, 1.82) is 0 Å². The van der Waals surface area contributed by atoms with Crippen molar-refractivity contribution in [3.05, 3.63) is 10.7 Å². The van der Waals surface area contributed by atoms with E-state index in [2.05, 4.69) is 41.5 Å². The van der Waals surface area contributed by atoms with Gasteiger partial charge < -0.3 is 10.2 Å². The smallest absolute Gasteiger partial charge is 0.239 e. The summed E-state index contributed by atoms with van der Waals surface area (Å²) in [6.07, 6.45) is 3.49. The minimum Gasteiger partial charge on any atom is -0.355 e. The maximum Gasteiger partial charge on any atom is 0.239 e. The largest absolute Gasteiger partial charge is 0.355 e. The highest BCUT2D eigenvalue weighted by Crippen LogP contribution is 2.26. The molecule has 0 aliphatic carbocycles. The molecule has 0 bridgehead atoms. The summed E-state index contributed by atoms with van der Waals surface area (Å²) in [7, 11) is 0. The summed E-state index contributed by atoms with van der Waals surface area (Å²) >= 11 is 3.45. The van der Waals surface area contributed by atoms with Gasteiger partial charge in [0.2, 0.25) is 11.9 Å². The highest BCUT2D eigenvalue weighted by atomic mass is 79.9. The minimum atomic E-state index is 0.0243. The first-order valence-corrected chi connectivity index (χ1v) is 6.90. The Hall–Kier alpha value is -1.41. The Morgan fingerprint density at radius 1 is 1.53 bits per heavy atom. The fourth-order valence-corrected chi connectivity index (χ4v) is 2.61. The molecule has 0 radical (unpaired) electrons. The number of nitrogen functional groups attached to an aromatic ring is 1. The molecule has 1 fully saturated rings. The van der Waals surface area contributed by atoms with E-state index in [-0.39, 0.29) is 11.9 Å². The number of nitrogens with two attached hydrogens (primary N) is 1. The number of hydrogen-bond donors (Lipinski definition) is 3. The van der Waals surface area contributed by atoms with Gasteiger partial charge >= 0.3 is 0 Å². The van der Waals surface area contributed by atoms with Crippen molar-refractivity contribution in [1.82, 2.24) is 15.3 Å². The molecular weight excluding hydrogens is 312 g/mol. The van der Waals surface area contributed by atoms with Crippen LogP contribution in [0.4, 0.5) is 11.8 Å². The Kier molecular flexibility index (Phi) is 4.54. The molecule has 1 aromatic heterocycles. The number of nitrogens with one attached hydrogen (secondary N) is 2. The molecule has 0 atom stereocenters. The van der Waals surface area contributed by atoms with Crippen LogP contribution in [0.25, 0.3) is 0 Å². The number of rotatable bonds is 3. The quantitative estimate of drug-likeness (QED) is 0.556. The lowest BCUT2D eigenvalue weighted by atomic mass is 10.1. The second kappa shape index (κ2) is 6.16. The second-order valence-electron chi connectivity index (χ2n) is 4.47. The highest BCUT2D eigenvalue weighted by molar-refractivity contribution is 9.10. The standard InChI is InChI=1S/C11H17BrN6O/c1-7(19)15-8-2-4-18(5-3-8)10-9(12)6-14-11(16-10)17-13/h6,8H,2-5,13H2,1H3,(H,15,19)(H,14,16,17). The van der Waals surface area contributed by atoms with Crippen molar-refractivity contribution in [2.75, 3.05) is 23.4 Å². The van der Waals surface area contributed by atoms with E-state index in [9.17, 15) is 4.79 Å². The number of nitrogens with zero attached hydrogens (tertiary/aromatic N) is 3. The Labute approximate surface area is 120 Å². The van der Waals surface area contributed by atoms with Crippen LogP contribution in [-0.2, 0) is 4.79 Å². The van der Waals surface area contributed by atoms with Gasteiger partial charge in [-0.25, -0.2) is 10.8 Å². The molecule has 7 nitrogen and oxygen atoms in total. The van der Waals surface area contributed by atoms with Gasteiger partial charge in [-0.2, -0.15) is 4.98 Å². The summed E-state index contributed by atoms with van der Waals surface area (Å²) in [5.74, 6) is 6.56. The third-order valence-electron chi connectivity index (χ3n) is 3.06. The summed E-state index contributed by atoms with van der Waals surface area (Å²) in [4.78, 5) is 21.6. The molecule has 8 heteroatoms. The normalized spacial score (nSPS) is 16.3. The van der Waals surface area contributed by atoms with Crippen molar-refractivity contribution in [2.45, 2.75) is 25.8 Å². The fraction of sp³-hybridized carbons (Fsp3) is 0.545. The molecule has 104 valence electrons. The lowest BCUT2D eigenvalue weighted by Gasteiger charge is -2.33. The monoisotopic (exact) mass is 328 g/mol. The number of carbonyl (C=O) groups excluding carboxylic acids is 1. The van der Waals surface area contributed by atoms with Gasteiger partial charge in [-0.05, 0) is 28.8 Å². The van der Waals surface area contributed by atoms with E-state index in [4.69, 9.17) is 5.84 Å². The fourth-order valence-electron chi connectivity index (χ4n) is 2.17. The number of anilines is 2. The summed E-state index contributed by atoms with van der Waals surface area (Å²) in [5, 5.41) is 2.95. The lowest BCUT2D eigenvalue weighted by molar-refractivity contribution is -0.119. The van der Waals surface area contributed by atoms with Crippen LogP contribution in [-0.4, -0.2) is 35.0 Å². The molecular formula is C11H17BrN6O. The second-order valence-corrected chi connectivity index (χ2v) is 5.33. The Morgan fingerprint density at radius 2 is 2.21 bits per heavy atom. The highest BCUT2D eigenvalue weighted by Gasteiger charge is 2.22. The molecule has 0 aromatic carbocycles. The number of piperidine rings is 1. The SMILES string of the molecule is CC(=O)NC1CCN(c2nc(NN)ncc2Br)CC1. The van der Waals surface area contributed by atoms with Gasteiger partial charge in [-0.1, -0.05) is 0 Å². The molecule has 19 heavy (non-hydrogen) atoms. The summed E-state index contributed by atoms with van der Waals surface area (Å²) < 4.78 is 0.837. The molecule has 2 rings (SSSR count). The number of aromatic nitrogens is 2. The molecule has 1 aliphatic heterocycles. The predicted molar refractivity (Wildman–Crippen MR) is 76.6 cm³/mol. The van der Waals surface area contributed by atoms with Gasteiger partial charge in [0.05, 0.1) is 4.47 Å². The molecule has 1 aliphatic rings. The molecule has 0 spiro atoms. The van der Waals surface area contributed by atoms with Gasteiger partial charge in [0, 0.05) is 32.3 Å². The summed E-state index contributed by atoms with van der Waals surface area (Å²) in [6, 6.07) is 0.251. The zero-order chi connectivity index (χ0) is 13.8. The zero-order valence-corrected chi connectivity index (χ0v) is 12.3. The van der Waals surface area contributed by atoms with Crippen LogP contribution in [0.15, 0.2) is 10.7 Å². The van der Waals surface area contributed by atoms with Crippen molar-refractivity contribution in [3.8, 4) is 0 Å². The molecule has 0 unspecified atom stereocenters. The average molecular weight is 329 g/mol. The van der Waals surface area contributed by atoms with E-state index in [0.717, 1.165) is 36.2 Å². The minimum absolute atomic E-state index is 0.0243. The third-order valence-corrected chi connectivity index (χ3v) is 3.62. The molecule has 4 N–H and O–H groups in total. The van der Waals surface area contributed by atoms with Crippen LogP contribution in [0.1, 0.15) is 19.8 Å². The molecule has 1 aromatic rings. The van der Waals surface area contributed by atoms with Crippen LogP contribution in [0.3, 0.4) is 0 Å². The van der Waals surface area contributed by atoms with E-state index in [1.54, 1.807) is 13.1 Å². The van der Waals surface area contributed by atoms with E-state index in [0.29, 0.717) is 5.95 Å². The van der Waals surface area contributed by atoms with Crippen molar-refractivity contribution < 1.29 is 4.79 Å². The maximum atomic E-state index is 11.0. The molecule has 2 heterocycles. The first-order valence-electron chi connectivity index (χ1n) is 6.11. The topological polar surface area (TPSA) is 96.2 Å². The van der Waals surface area contributed by atoms with Crippen LogP contribution >= 0.6 is 15.9 Å². The van der Waals surface area contributed by atoms with Crippen molar-refractivity contribution in [3.63, 3.8) is 0 Å². The maximum absolute atomic E-state index is 11.0. The average Bonchev–Trinajstić information content (AvgIpc) is 2.40.